The number of imide groups is 1. The van der Waals surface area contributed by atoms with Gasteiger partial charge in [0.1, 0.15) is 11.8 Å². The minimum absolute atomic E-state index is 0.0250. The zero-order valence-corrected chi connectivity index (χ0v) is 15.2. The van der Waals surface area contributed by atoms with Gasteiger partial charge in [0.25, 0.3) is 5.91 Å². The molecule has 0 saturated carbocycles. The van der Waals surface area contributed by atoms with Crippen LogP contribution in [0, 0.1) is 0 Å². The molecule has 2 heterocycles. The van der Waals surface area contributed by atoms with Gasteiger partial charge in [0, 0.05) is 10.6 Å². The summed E-state index contributed by atoms with van der Waals surface area (Å²) in [7, 11) is 0. The van der Waals surface area contributed by atoms with Crippen LogP contribution in [0.4, 0.5) is 4.79 Å². The number of aromatic nitrogens is 1. The SMILES string of the molecule is CC1(c2cccc(Cl)c2)NC(=O)N(Cc2coc(-c3ccccc3)n2)C1=O. The van der Waals surface area contributed by atoms with Gasteiger partial charge in [-0.3, -0.25) is 9.69 Å². The lowest BCUT2D eigenvalue weighted by Gasteiger charge is -2.22. The summed E-state index contributed by atoms with van der Waals surface area (Å²) in [5.41, 5.74) is 0.770. The van der Waals surface area contributed by atoms with Crippen LogP contribution in [0.15, 0.2) is 65.3 Å². The van der Waals surface area contributed by atoms with Gasteiger partial charge in [0.2, 0.25) is 5.89 Å². The fraction of sp³-hybridized carbons (Fsp3) is 0.150. The molecule has 1 aromatic heterocycles. The van der Waals surface area contributed by atoms with Gasteiger partial charge in [-0.25, -0.2) is 9.78 Å². The Morgan fingerprint density at radius 2 is 1.93 bits per heavy atom. The zero-order valence-electron chi connectivity index (χ0n) is 14.5. The summed E-state index contributed by atoms with van der Waals surface area (Å²) in [4.78, 5) is 30.9. The first-order chi connectivity index (χ1) is 13.0. The third-order valence-electron chi connectivity index (χ3n) is 4.57. The van der Waals surface area contributed by atoms with E-state index in [2.05, 4.69) is 10.3 Å². The van der Waals surface area contributed by atoms with Crippen LogP contribution in [0.1, 0.15) is 18.2 Å². The highest BCUT2D eigenvalue weighted by atomic mass is 35.5. The molecule has 1 N–H and O–H groups in total. The van der Waals surface area contributed by atoms with E-state index in [9.17, 15) is 9.59 Å². The van der Waals surface area contributed by atoms with Crippen LogP contribution in [-0.4, -0.2) is 21.8 Å². The molecule has 0 spiro atoms. The van der Waals surface area contributed by atoms with Crippen molar-refractivity contribution in [3.8, 4) is 11.5 Å². The lowest BCUT2D eigenvalue weighted by atomic mass is 9.92. The largest absolute Gasteiger partial charge is 0.444 e. The van der Waals surface area contributed by atoms with Crippen LogP contribution in [0.5, 0.6) is 0 Å². The van der Waals surface area contributed by atoms with E-state index >= 15 is 0 Å². The summed E-state index contributed by atoms with van der Waals surface area (Å²) in [6.45, 7) is 1.69. The summed E-state index contributed by atoms with van der Waals surface area (Å²) in [5, 5.41) is 3.25. The Bertz CT molecular complexity index is 1020. The summed E-state index contributed by atoms with van der Waals surface area (Å²) >= 11 is 6.04. The molecule has 136 valence electrons. The molecule has 1 aliphatic heterocycles. The number of hydrogen-bond acceptors (Lipinski definition) is 4. The summed E-state index contributed by atoms with van der Waals surface area (Å²) in [6.07, 6.45) is 1.46. The van der Waals surface area contributed by atoms with E-state index in [-0.39, 0.29) is 12.5 Å². The van der Waals surface area contributed by atoms with E-state index in [0.717, 1.165) is 10.5 Å². The molecule has 1 unspecified atom stereocenters. The van der Waals surface area contributed by atoms with Gasteiger partial charge in [-0.05, 0) is 36.8 Å². The lowest BCUT2D eigenvalue weighted by Crippen LogP contribution is -2.40. The third kappa shape index (κ3) is 3.08. The second-order valence-electron chi connectivity index (χ2n) is 6.47. The monoisotopic (exact) mass is 381 g/mol. The maximum atomic E-state index is 13.0. The number of oxazole rings is 1. The molecule has 3 aromatic rings. The highest BCUT2D eigenvalue weighted by molar-refractivity contribution is 6.30. The van der Waals surface area contributed by atoms with Gasteiger partial charge in [-0.15, -0.1) is 0 Å². The Kier molecular flexibility index (Phi) is 4.20. The van der Waals surface area contributed by atoms with Crippen molar-refractivity contribution >= 4 is 23.5 Å². The molecule has 7 heteroatoms. The van der Waals surface area contributed by atoms with Gasteiger partial charge in [-0.1, -0.05) is 41.9 Å². The zero-order chi connectivity index (χ0) is 19.0. The Hall–Kier alpha value is -3.12. The maximum absolute atomic E-state index is 13.0. The van der Waals surface area contributed by atoms with E-state index in [1.807, 2.05) is 30.3 Å². The average Bonchev–Trinajstić information content (AvgIpc) is 3.22. The molecule has 4 rings (SSSR count). The van der Waals surface area contributed by atoms with Crippen LogP contribution >= 0.6 is 11.6 Å². The Morgan fingerprint density at radius 3 is 2.67 bits per heavy atom. The highest BCUT2D eigenvalue weighted by Gasteiger charge is 2.49. The van der Waals surface area contributed by atoms with Crippen LogP contribution in [0.3, 0.4) is 0 Å². The molecule has 2 aromatic carbocycles. The van der Waals surface area contributed by atoms with E-state index in [1.165, 1.54) is 6.26 Å². The minimum Gasteiger partial charge on any atom is -0.444 e. The van der Waals surface area contributed by atoms with Crippen LogP contribution in [0.2, 0.25) is 5.02 Å². The topological polar surface area (TPSA) is 75.4 Å². The lowest BCUT2D eigenvalue weighted by molar-refractivity contribution is -0.131. The number of benzene rings is 2. The second kappa shape index (κ2) is 6.55. The quantitative estimate of drug-likeness (QED) is 0.694. The minimum atomic E-state index is -1.17. The van der Waals surface area contributed by atoms with Crippen molar-refractivity contribution in [3.63, 3.8) is 0 Å². The number of hydrogen-bond donors (Lipinski definition) is 1. The van der Waals surface area contributed by atoms with Crippen molar-refractivity contribution in [1.29, 1.82) is 0 Å². The molecule has 0 aliphatic carbocycles. The first-order valence-corrected chi connectivity index (χ1v) is 8.75. The van der Waals surface area contributed by atoms with Gasteiger partial charge in [0.05, 0.1) is 12.2 Å². The van der Waals surface area contributed by atoms with Crippen molar-refractivity contribution in [3.05, 3.63) is 77.1 Å². The predicted octanol–water partition coefficient (Wildman–Crippen LogP) is 3.96. The third-order valence-corrected chi connectivity index (χ3v) is 4.80. The van der Waals surface area contributed by atoms with Gasteiger partial charge < -0.3 is 9.73 Å². The Labute approximate surface area is 160 Å². The molecule has 1 saturated heterocycles. The molecule has 27 heavy (non-hydrogen) atoms. The standard InChI is InChI=1S/C20H16ClN3O3/c1-20(14-8-5-9-15(21)10-14)18(25)24(19(26)23-20)11-16-12-27-17(22-16)13-6-3-2-4-7-13/h2-10,12H,11H2,1H3,(H,23,26). The molecule has 1 atom stereocenters. The van der Waals surface area contributed by atoms with Gasteiger partial charge in [0.15, 0.2) is 0 Å². The maximum Gasteiger partial charge on any atom is 0.325 e. The fourth-order valence-electron chi connectivity index (χ4n) is 3.09. The number of carbonyl (C=O) groups is 2. The number of urea groups is 1. The second-order valence-corrected chi connectivity index (χ2v) is 6.90. The van der Waals surface area contributed by atoms with Gasteiger partial charge >= 0.3 is 6.03 Å². The summed E-state index contributed by atoms with van der Waals surface area (Å²) < 4.78 is 5.49. The Morgan fingerprint density at radius 1 is 1.15 bits per heavy atom. The number of nitrogens with zero attached hydrogens (tertiary/aromatic N) is 2. The van der Waals surface area contributed by atoms with Crippen molar-refractivity contribution in [1.82, 2.24) is 15.2 Å². The molecule has 3 amide bonds. The highest BCUT2D eigenvalue weighted by Crippen LogP contribution is 2.31. The molecule has 0 radical (unpaired) electrons. The van der Waals surface area contributed by atoms with Crippen molar-refractivity contribution in [2.24, 2.45) is 0 Å². The molecular formula is C20H16ClN3O3. The molecule has 0 bridgehead atoms. The Balaban J connectivity index is 1.58. The molecule has 1 aliphatic rings. The summed E-state index contributed by atoms with van der Waals surface area (Å²) in [6, 6.07) is 15.8. The van der Waals surface area contributed by atoms with E-state index < -0.39 is 11.6 Å². The van der Waals surface area contributed by atoms with Crippen LogP contribution in [0.25, 0.3) is 11.5 Å². The molecule has 6 nitrogen and oxygen atoms in total. The van der Waals surface area contributed by atoms with E-state index in [1.54, 1.807) is 31.2 Å². The molecule has 1 fully saturated rings. The fourth-order valence-corrected chi connectivity index (χ4v) is 3.28. The van der Waals surface area contributed by atoms with Crippen LogP contribution < -0.4 is 5.32 Å². The number of nitrogens with one attached hydrogen (secondary N) is 1. The first kappa shape index (κ1) is 17.3. The smallest absolute Gasteiger partial charge is 0.325 e. The molecular weight excluding hydrogens is 366 g/mol. The number of rotatable bonds is 4. The van der Waals surface area contributed by atoms with Gasteiger partial charge in [-0.2, -0.15) is 0 Å². The van der Waals surface area contributed by atoms with Crippen molar-refractivity contribution < 1.29 is 14.0 Å². The van der Waals surface area contributed by atoms with E-state index in [4.69, 9.17) is 16.0 Å². The number of amides is 3. The predicted molar refractivity (Wildman–Crippen MR) is 99.8 cm³/mol. The van der Waals surface area contributed by atoms with Crippen LogP contribution in [-0.2, 0) is 16.9 Å². The first-order valence-electron chi connectivity index (χ1n) is 8.37. The average molecular weight is 382 g/mol. The number of halogens is 1. The number of carbonyl (C=O) groups excluding carboxylic acids is 2. The van der Waals surface area contributed by atoms with Crippen molar-refractivity contribution in [2.45, 2.75) is 19.0 Å². The summed E-state index contributed by atoms with van der Waals surface area (Å²) in [5.74, 6) is 0.0780. The van der Waals surface area contributed by atoms with Crippen molar-refractivity contribution in [2.75, 3.05) is 0 Å². The normalized spacial score (nSPS) is 19.4. The van der Waals surface area contributed by atoms with E-state index in [0.29, 0.717) is 22.2 Å².